The number of hydrazone groups is 1. The Morgan fingerprint density at radius 1 is 0.694 bits per heavy atom. The van der Waals surface area contributed by atoms with Crippen LogP contribution >= 0.6 is 11.3 Å². The normalized spacial score (nSPS) is 17.8. The standard InChI is InChI=1S/C48H42F6N4O3S/c1-7-56(8-2)29-19-21-36-39(23-29)61-40-24-30(57(9-3)10-4)20-22-37(40)45(36)35-17-13-11-15-32(35)44(59)58(45)55-26-31-25-34(28(6)62-31)42-43(47(51,52)48(53,54)46(42,49)50)41-27(5)60-38-18-14-12-16-33(38)41/h11-26H,7-10H2,1-6H3/b55-26+. The minimum absolute atomic E-state index is 0.00297. The molecule has 1 amide bonds. The number of fused-ring (bicyclic) bond motifs is 7. The molecule has 0 bridgehead atoms. The van der Waals surface area contributed by atoms with Crippen LogP contribution in [0.25, 0.3) is 22.1 Å². The van der Waals surface area contributed by atoms with Gasteiger partial charge in [0.2, 0.25) is 0 Å². The summed E-state index contributed by atoms with van der Waals surface area (Å²) in [4.78, 5) is 19.3. The second-order valence-corrected chi connectivity index (χ2v) is 16.8. The second-order valence-electron chi connectivity index (χ2n) is 15.5. The zero-order valence-electron chi connectivity index (χ0n) is 34.8. The van der Waals surface area contributed by atoms with Gasteiger partial charge >= 0.3 is 17.8 Å². The summed E-state index contributed by atoms with van der Waals surface area (Å²) < 4.78 is 108. The van der Waals surface area contributed by atoms with Gasteiger partial charge in [0.15, 0.2) is 0 Å². The number of rotatable bonds is 10. The Hall–Kier alpha value is -6.02. The van der Waals surface area contributed by atoms with Crippen LogP contribution in [0.4, 0.5) is 37.7 Å². The molecule has 0 unspecified atom stereocenters. The van der Waals surface area contributed by atoms with Crippen LogP contribution in [0.2, 0.25) is 0 Å². The van der Waals surface area contributed by atoms with Crippen molar-refractivity contribution in [1.82, 2.24) is 5.01 Å². The fraction of sp³-hybridized carbons (Fsp3) is 0.292. The van der Waals surface area contributed by atoms with Gasteiger partial charge in [-0.05, 0) is 77.4 Å². The third-order valence-electron chi connectivity index (χ3n) is 12.4. The van der Waals surface area contributed by atoms with Gasteiger partial charge in [-0.1, -0.05) is 48.5 Å². The molecule has 0 fully saturated rings. The first-order valence-electron chi connectivity index (χ1n) is 20.5. The van der Waals surface area contributed by atoms with E-state index in [1.807, 2.05) is 48.5 Å². The van der Waals surface area contributed by atoms with E-state index in [0.29, 0.717) is 33.8 Å². The Balaban J connectivity index is 1.24. The third-order valence-corrected chi connectivity index (χ3v) is 13.4. The van der Waals surface area contributed by atoms with Gasteiger partial charge in [0, 0.05) is 104 Å². The lowest BCUT2D eigenvalue weighted by molar-refractivity contribution is -0.254. The molecule has 4 aromatic carbocycles. The molecule has 320 valence electrons. The molecule has 62 heavy (non-hydrogen) atoms. The monoisotopic (exact) mass is 868 g/mol. The quantitative estimate of drug-likeness (QED) is 0.101. The van der Waals surface area contributed by atoms with E-state index in [1.54, 1.807) is 18.2 Å². The van der Waals surface area contributed by atoms with Gasteiger partial charge in [-0.3, -0.25) is 4.79 Å². The number of aryl methyl sites for hydroxylation is 2. The lowest BCUT2D eigenvalue weighted by Gasteiger charge is -2.42. The van der Waals surface area contributed by atoms with Crippen LogP contribution in [0.15, 0.2) is 101 Å². The number of alkyl halides is 6. The largest absolute Gasteiger partial charge is 0.461 e. The number of para-hydroxylation sites is 1. The Kier molecular flexibility index (Phi) is 9.69. The number of furan rings is 1. The molecule has 0 N–H and O–H groups in total. The zero-order chi connectivity index (χ0) is 44.1. The number of halogens is 6. The van der Waals surface area contributed by atoms with Crippen molar-refractivity contribution in [3.63, 3.8) is 0 Å². The number of thiophene rings is 1. The van der Waals surface area contributed by atoms with E-state index in [-0.39, 0.29) is 26.5 Å². The maximum Gasteiger partial charge on any atom is 0.380 e. The number of anilines is 2. The summed E-state index contributed by atoms with van der Waals surface area (Å²) in [7, 11) is 0. The number of carbonyl (C=O) groups is 1. The van der Waals surface area contributed by atoms with Crippen molar-refractivity contribution in [2.24, 2.45) is 5.10 Å². The molecule has 7 nitrogen and oxygen atoms in total. The summed E-state index contributed by atoms with van der Waals surface area (Å²) in [5.41, 5.74) is -1.19. The smallest absolute Gasteiger partial charge is 0.380 e. The van der Waals surface area contributed by atoms with Crippen molar-refractivity contribution >= 4 is 56.9 Å². The Labute approximate surface area is 358 Å². The molecule has 14 heteroatoms. The summed E-state index contributed by atoms with van der Waals surface area (Å²) in [6.45, 7) is 13.9. The molecule has 0 atom stereocenters. The van der Waals surface area contributed by atoms with Crippen molar-refractivity contribution in [3.8, 4) is 11.5 Å². The molecule has 1 aliphatic carbocycles. The Morgan fingerprint density at radius 2 is 1.26 bits per heavy atom. The summed E-state index contributed by atoms with van der Waals surface area (Å²) in [6.07, 6.45) is 1.29. The number of nitrogens with zero attached hydrogens (tertiary/aromatic N) is 4. The number of hydrogen-bond acceptors (Lipinski definition) is 7. The third kappa shape index (κ3) is 5.57. The highest BCUT2D eigenvalue weighted by atomic mass is 32.1. The van der Waals surface area contributed by atoms with Crippen LogP contribution in [-0.4, -0.2) is 61.1 Å². The summed E-state index contributed by atoms with van der Waals surface area (Å²) in [6, 6.07) is 25.9. The van der Waals surface area contributed by atoms with E-state index in [9.17, 15) is 4.79 Å². The van der Waals surface area contributed by atoms with Crippen LogP contribution in [-0.2, 0) is 5.54 Å². The summed E-state index contributed by atoms with van der Waals surface area (Å²) >= 11 is 0.901. The van der Waals surface area contributed by atoms with Gasteiger partial charge in [-0.25, -0.2) is 5.01 Å². The molecule has 6 aromatic rings. The van der Waals surface area contributed by atoms with Gasteiger partial charge in [-0.2, -0.15) is 31.4 Å². The van der Waals surface area contributed by atoms with Crippen LogP contribution in [0, 0.1) is 13.8 Å². The minimum atomic E-state index is -5.77. The minimum Gasteiger partial charge on any atom is -0.461 e. The number of ether oxygens (including phenoxy) is 1. The van der Waals surface area contributed by atoms with Crippen molar-refractivity contribution in [2.75, 3.05) is 36.0 Å². The predicted molar refractivity (Wildman–Crippen MR) is 232 cm³/mol. The number of allylic oxidation sites excluding steroid dienone is 2. The molecule has 2 aliphatic heterocycles. The average molecular weight is 869 g/mol. The first kappa shape index (κ1) is 41.3. The highest BCUT2D eigenvalue weighted by molar-refractivity contribution is 7.13. The molecular formula is C48H42F6N4O3S. The summed E-state index contributed by atoms with van der Waals surface area (Å²) in [5, 5.41) is 6.17. The van der Waals surface area contributed by atoms with Crippen molar-refractivity contribution in [2.45, 2.75) is 64.8 Å². The van der Waals surface area contributed by atoms with E-state index in [4.69, 9.17) is 14.3 Å². The number of benzene rings is 4. The first-order chi connectivity index (χ1) is 29.6. The second kappa shape index (κ2) is 14.5. The fourth-order valence-electron chi connectivity index (χ4n) is 9.47. The van der Waals surface area contributed by atoms with Crippen molar-refractivity contribution < 1.29 is 40.3 Å². The lowest BCUT2D eigenvalue weighted by Crippen LogP contribution is -2.48. The number of carbonyl (C=O) groups excluding carboxylic acids is 1. The topological polar surface area (TPSA) is 61.5 Å². The van der Waals surface area contributed by atoms with Crippen LogP contribution < -0.4 is 14.5 Å². The zero-order valence-corrected chi connectivity index (χ0v) is 35.6. The van der Waals surface area contributed by atoms with Crippen LogP contribution in [0.5, 0.6) is 11.5 Å². The van der Waals surface area contributed by atoms with E-state index < -0.39 is 51.5 Å². The number of hydrogen-bond donors (Lipinski definition) is 0. The summed E-state index contributed by atoms with van der Waals surface area (Å²) in [5.74, 6) is -16.0. The molecule has 0 saturated carbocycles. The maximum absolute atomic E-state index is 16.1. The molecule has 1 spiro atoms. The Morgan fingerprint density at radius 3 is 1.87 bits per heavy atom. The molecule has 0 radical (unpaired) electrons. The molecule has 9 rings (SSSR count). The van der Waals surface area contributed by atoms with Gasteiger partial charge in [-0.15, -0.1) is 11.3 Å². The van der Waals surface area contributed by atoms with Crippen molar-refractivity contribution in [1.29, 1.82) is 0 Å². The van der Waals surface area contributed by atoms with Gasteiger partial charge in [0.25, 0.3) is 5.91 Å². The van der Waals surface area contributed by atoms with Crippen molar-refractivity contribution in [3.05, 3.63) is 140 Å². The predicted octanol–water partition coefficient (Wildman–Crippen LogP) is 12.5. The SMILES string of the molecule is CCN(CC)c1ccc2c(c1)Oc1cc(N(CC)CC)ccc1C21c2ccccc2C(=O)N1/N=C/c1cc(C2=C(c3c(C)oc4ccccc34)C(F)(F)C(F)(F)C2(F)F)c(C)s1. The maximum atomic E-state index is 16.1. The molecule has 2 aromatic heterocycles. The Bertz CT molecular complexity index is 2790. The van der Waals surface area contributed by atoms with E-state index >= 15 is 26.3 Å². The van der Waals surface area contributed by atoms with Gasteiger partial charge < -0.3 is 19.0 Å². The average Bonchev–Trinajstić information content (AvgIpc) is 3.89. The first-order valence-corrected chi connectivity index (χ1v) is 21.3. The van der Waals surface area contributed by atoms with Crippen LogP contribution in [0.3, 0.4) is 0 Å². The highest BCUT2D eigenvalue weighted by Gasteiger charge is 2.80. The molecule has 4 heterocycles. The molecular weight excluding hydrogens is 827 g/mol. The van der Waals surface area contributed by atoms with E-state index in [0.717, 1.165) is 55.0 Å². The van der Waals surface area contributed by atoms with E-state index in [1.165, 1.54) is 43.3 Å². The molecule has 0 saturated heterocycles. The molecule has 3 aliphatic rings. The van der Waals surface area contributed by atoms with Crippen LogP contribution in [0.1, 0.15) is 81.4 Å². The van der Waals surface area contributed by atoms with Gasteiger partial charge in [0.05, 0.1) is 6.21 Å². The number of amides is 1. The fourth-order valence-corrected chi connectivity index (χ4v) is 10.4. The van der Waals surface area contributed by atoms with E-state index in [2.05, 4.69) is 37.5 Å². The highest BCUT2D eigenvalue weighted by Crippen LogP contribution is 2.66. The lowest BCUT2D eigenvalue weighted by atomic mass is 9.75. The van der Waals surface area contributed by atoms with Gasteiger partial charge in [0.1, 0.15) is 28.4 Å².